The van der Waals surface area contributed by atoms with Gasteiger partial charge in [0.15, 0.2) is 0 Å². The molecule has 1 aromatic rings. The normalized spacial score (nSPS) is 17.9. The quantitative estimate of drug-likeness (QED) is 0.880. The second kappa shape index (κ2) is 7.06. The highest BCUT2D eigenvalue weighted by atomic mass is 16.4. The first-order chi connectivity index (χ1) is 10.5. The summed E-state index contributed by atoms with van der Waals surface area (Å²) in [5, 5.41) is 11.9. The number of amides is 2. The van der Waals surface area contributed by atoms with E-state index in [0.717, 1.165) is 18.4 Å². The van der Waals surface area contributed by atoms with Crippen LogP contribution in [0.5, 0.6) is 0 Å². The summed E-state index contributed by atoms with van der Waals surface area (Å²) >= 11 is 0. The maximum atomic E-state index is 12.5. The number of carboxylic acid groups (broad SMARTS) is 1. The molecule has 1 heterocycles. The van der Waals surface area contributed by atoms with E-state index in [2.05, 4.69) is 5.32 Å². The summed E-state index contributed by atoms with van der Waals surface area (Å²) in [4.78, 5) is 36.1. The van der Waals surface area contributed by atoms with Gasteiger partial charge in [0.1, 0.15) is 6.04 Å². The van der Waals surface area contributed by atoms with Crippen LogP contribution in [0.3, 0.4) is 0 Å². The summed E-state index contributed by atoms with van der Waals surface area (Å²) in [6.45, 7) is 2.33. The largest absolute Gasteiger partial charge is 0.480 e. The van der Waals surface area contributed by atoms with Crippen LogP contribution >= 0.6 is 0 Å². The van der Waals surface area contributed by atoms with Crippen molar-refractivity contribution in [2.45, 2.75) is 38.8 Å². The summed E-state index contributed by atoms with van der Waals surface area (Å²) in [5.74, 6) is -1.31. The number of piperidine rings is 1. The third-order valence-corrected chi connectivity index (χ3v) is 3.79. The lowest BCUT2D eigenvalue weighted by Crippen LogP contribution is -2.47. The molecule has 1 saturated heterocycles. The van der Waals surface area contributed by atoms with Crippen LogP contribution in [-0.4, -0.2) is 40.4 Å². The number of rotatable bonds is 4. The first-order valence-electron chi connectivity index (χ1n) is 7.36. The van der Waals surface area contributed by atoms with Crippen LogP contribution in [0.2, 0.25) is 0 Å². The van der Waals surface area contributed by atoms with E-state index in [4.69, 9.17) is 0 Å². The zero-order valence-electron chi connectivity index (χ0n) is 12.5. The lowest BCUT2D eigenvalue weighted by molar-refractivity contribution is -0.143. The van der Waals surface area contributed by atoms with E-state index in [0.29, 0.717) is 25.1 Å². The maximum absolute atomic E-state index is 12.5. The molecule has 0 bridgehead atoms. The van der Waals surface area contributed by atoms with Gasteiger partial charge in [0.2, 0.25) is 5.91 Å². The minimum atomic E-state index is -0.949. The Balaban J connectivity index is 2.08. The van der Waals surface area contributed by atoms with Gasteiger partial charge < -0.3 is 15.3 Å². The summed E-state index contributed by atoms with van der Waals surface area (Å²) in [6, 6.07) is 6.14. The number of likely N-dealkylation sites (tertiary alicyclic amines) is 1. The third kappa shape index (κ3) is 3.84. The zero-order chi connectivity index (χ0) is 16.1. The number of carbonyl (C=O) groups is 3. The lowest BCUT2D eigenvalue weighted by atomic mass is 10.0. The highest BCUT2D eigenvalue weighted by Crippen LogP contribution is 2.20. The molecule has 2 amide bonds. The average Bonchev–Trinajstić information content (AvgIpc) is 2.52. The van der Waals surface area contributed by atoms with Gasteiger partial charge in [-0.25, -0.2) is 4.79 Å². The summed E-state index contributed by atoms with van der Waals surface area (Å²) in [5.41, 5.74) is 1.36. The molecule has 6 nitrogen and oxygen atoms in total. The number of nitrogens with one attached hydrogen (secondary N) is 1. The third-order valence-electron chi connectivity index (χ3n) is 3.79. The zero-order valence-corrected chi connectivity index (χ0v) is 12.5. The van der Waals surface area contributed by atoms with Crippen LogP contribution in [0.4, 0.5) is 0 Å². The van der Waals surface area contributed by atoms with Gasteiger partial charge in [-0.05, 0) is 37.0 Å². The van der Waals surface area contributed by atoms with Crippen LogP contribution in [0.25, 0.3) is 0 Å². The Bertz CT molecular complexity index is 568. The van der Waals surface area contributed by atoms with E-state index in [9.17, 15) is 19.5 Å². The van der Waals surface area contributed by atoms with E-state index in [1.54, 1.807) is 24.3 Å². The molecule has 1 aliphatic rings. The maximum Gasteiger partial charge on any atom is 0.326 e. The van der Waals surface area contributed by atoms with Crippen LogP contribution in [0.15, 0.2) is 24.3 Å². The molecule has 118 valence electrons. The van der Waals surface area contributed by atoms with Crippen LogP contribution < -0.4 is 5.32 Å². The van der Waals surface area contributed by atoms with E-state index >= 15 is 0 Å². The number of hydrogen-bond acceptors (Lipinski definition) is 3. The highest BCUT2D eigenvalue weighted by molar-refractivity contribution is 5.96. The van der Waals surface area contributed by atoms with Gasteiger partial charge in [-0.15, -0.1) is 0 Å². The fourth-order valence-electron chi connectivity index (χ4n) is 2.59. The van der Waals surface area contributed by atoms with Crippen molar-refractivity contribution in [3.63, 3.8) is 0 Å². The van der Waals surface area contributed by atoms with Gasteiger partial charge in [0, 0.05) is 25.6 Å². The minimum absolute atomic E-state index is 0.113. The Kier molecular flexibility index (Phi) is 5.14. The lowest BCUT2D eigenvalue weighted by Gasteiger charge is -2.33. The molecule has 1 fully saturated rings. The summed E-state index contributed by atoms with van der Waals surface area (Å²) in [7, 11) is 0. The monoisotopic (exact) mass is 304 g/mol. The summed E-state index contributed by atoms with van der Waals surface area (Å²) < 4.78 is 0. The SMILES string of the molecule is CC(=O)NCc1ccc(C(=O)N2CCCC[C@H]2C(=O)O)cc1. The molecule has 0 aromatic heterocycles. The van der Waals surface area contributed by atoms with E-state index in [1.165, 1.54) is 11.8 Å². The molecule has 0 spiro atoms. The molecule has 1 atom stereocenters. The van der Waals surface area contributed by atoms with Gasteiger partial charge in [0.05, 0.1) is 0 Å². The molecule has 1 aliphatic heterocycles. The van der Waals surface area contributed by atoms with Crippen molar-refractivity contribution < 1.29 is 19.5 Å². The first-order valence-corrected chi connectivity index (χ1v) is 7.36. The summed E-state index contributed by atoms with van der Waals surface area (Å²) in [6.07, 6.45) is 2.16. The van der Waals surface area contributed by atoms with E-state index < -0.39 is 12.0 Å². The van der Waals surface area contributed by atoms with Crippen molar-refractivity contribution in [2.75, 3.05) is 6.54 Å². The molecule has 2 N–H and O–H groups in total. The van der Waals surface area contributed by atoms with Gasteiger partial charge in [-0.2, -0.15) is 0 Å². The minimum Gasteiger partial charge on any atom is -0.480 e. The molecular weight excluding hydrogens is 284 g/mol. The molecule has 2 rings (SSSR count). The molecule has 0 unspecified atom stereocenters. The molecule has 6 heteroatoms. The number of nitrogens with zero attached hydrogens (tertiary/aromatic N) is 1. The predicted octanol–water partition coefficient (Wildman–Crippen LogP) is 1.40. The molecule has 0 aliphatic carbocycles. The smallest absolute Gasteiger partial charge is 0.326 e. The van der Waals surface area contributed by atoms with Crippen molar-refractivity contribution in [3.05, 3.63) is 35.4 Å². The van der Waals surface area contributed by atoms with E-state index in [-0.39, 0.29) is 11.8 Å². The molecule has 0 radical (unpaired) electrons. The van der Waals surface area contributed by atoms with Crippen molar-refractivity contribution in [2.24, 2.45) is 0 Å². The van der Waals surface area contributed by atoms with Gasteiger partial charge in [-0.3, -0.25) is 9.59 Å². The van der Waals surface area contributed by atoms with Crippen molar-refractivity contribution >= 4 is 17.8 Å². The number of benzene rings is 1. The Morgan fingerprint density at radius 1 is 1.23 bits per heavy atom. The second-order valence-electron chi connectivity index (χ2n) is 5.46. The van der Waals surface area contributed by atoms with Crippen molar-refractivity contribution in [3.8, 4) is 0 Å². The molecule has 0 saturated carbocycles. The fourth-order valence-corrected chi connectivity index (χ4v) is 2.59. The van der Waals surface area contributed by atoms with Gasteiger partial charge >= 0.3 is 5.97 Å². The average molecular weight is 304 g/mol. The van der Waals surface area contributed by atoms with Crippen LogP contribution in [0, 0.1) is 0 Å². The Hall–Kier alpha value is -2.37. The van der Waals surface area contributed by atoms with Crippen molar-refractivity contribution in [1.29, 1.82) is 0 Å². The first kappa shape index (κ1) is 16.0. The highest BCUT2D eigenvalue weighted by Gasteiger charge is 2.32. The number of hydrogen-bond donors (Lipinski definition) is 2. The molecule has 22 heavy (non-hydrogen) atoms. The molecular formula is C16H20N2O4. The van der Waals surface area contributed by atoms with Gasteiger partial charge in [-0.1, -0.05) is 12.1 Å². The Morgan fingerprint density at radius 3 is 2.50 bits per heavy atom. The molecule has 1 aromatic carbocycles. The standard InChI is InChI=1S/C16H20N2O4/c1-11(19)17-10-12-5-7-13(8-6-12)15(20)18-9-3-2-4-14(18)16(21)22/h5-8,14H,2-4,9-10H2,1H3,(H,17,19)(H,21,22)/t14-/m0/s1. The Labute approximate surface area is 129 Å². The predicted molar refractivity (Wildman–Crippen MR) is 80.3 cm³/mol. The fraction of sp³-hybridized carbons (Fsp3) is 0.438. The van der Waals surface area contributed by atoms with Crippen LogP contribution in [-0.2, 0) is 16.1 Å². The van der Waals surface area contributed by atoms with E-state index in [1.807, 2.05) is 0 Å². The number of carboxylic acids is 1. The Morgan fingerprint density at radius 2 is 1.91 bits per heavy atom. The second-order valence-corrected chi connectivity index (χ2v) is 5.46. The number of aliphatic carboxylic acids is 1. The van der Waals surface area contributed by atoms with Gasteiger partial charge in [0.25, 0.3) is 5.91 Å². The van der Waals surface area contributed by atoms with Crippen molar-refractivity contribution in [1.82, 2.24) is 10.2 Å². The topological polar surface area (TPSA) is 86.7 Å². The van der Waals surface area contributed by atoms with Crippen LogP contribution in [0.1, 0.15) is 42.1 Å². The number of carbonyl (C=O) groups excluding carboxylic acids is 2.